The fourth-order valence-electron chi connectivity index (χ4n) is 5.19. The van der Waals surface area contributed by atoms with E-state index in [1.54, 1.807) is 41.5 Å². The van der Waals surface area contributed by atoms with Crippen molar-refractivity contribution in [3.05, 3.63) is 0 Å². The minimum atomic E-state index is -4.70. The van der Waals surface area contributed by atoms with E-state index in [1.165, 1.54) is 10.2 Å². The first-order valence-corrected chi connectivity index (χ1v) is 15.6. The first kappa shape index (κ1) is 38.8. The third-order valence-electron chi connectivity index (χ3n) is 7.84. The number of nitrogens with zero attached hydrogens (tertiary/aromatic N) is 1. The maximum atomic E-state index is 14.0. The van der Waals surface area contributed by atoms with Crippen LogP contribution in [-0.4, -0.2) is 89.6 Å². The molecule has 5 atom stereocenters. The summed E-state index contributed by atoms with van der Waals surface area (Å²) in [5.74, 6) is -4.16. The van der Waals surface area contributed by atoms with Crippen molar-refractivity contribution in [2.24, 2.45) is 23.0 Å². The second-order valence-corrected chi connectivity index (χ2v) is 14.2. The van der Waals surface area contributed by atoms with Crippen LogP contribution >= 0.6 is 0 Å². The average Bonchev–Trinajstić information content (AvgIpc) is 3.61. The zero-order chi connectivity index (χ0) is 35.2. The van der Waals surface area contributed by atoms with Crippen molar-refractivity contribution in [3.63, 3.8) is 0 Å². The summed E-state index contributed by atoms with van der Waals surface area (Å²) in [6.07, 6.45) is -2.27. The van der Waals surface area contributed by atoms with Crippen molar-refractivity contribution in [1.29, 1.82) is 0 Å². The van der Waals surface area contributed by atoms with Gasteiger partial charge in [0.1, 0.15) is 23.7 Å². The van der Waals surface area contributed by atoms with Gasteiger partial charge in [0.2, 0.25) is 17.6 Å². The van der Waals surface area contributed by atoms with Crippen LogP contribution in [0.3, 0.4) is 0 Å². The van der Waals surface area contributed by atoms with E-state index >= 15 is 0 Å². The summed E-state index contributed by atoms with van der Waals surface area (Å²) in [6.45, 7) is 11.1. The summed E-state index contributed by atoms with van der Waals surface area (Å²) >= 11 is 0. The predicted molar refractivity (Wildman–Crippen MR) is 161 cm³/mol. The van der Waals surface area contributed by atoms with Crippen molar-refractivity contribution in [3.8, 4) is 0 Å². The lowest BCUT2D eigenvalue weighted by Crippen LogP contribution is -2.61. The fraction of sp³-hybridized carbons (Fsp3) is 0.800. The number of carbonyl (C=O) groups is 6. The molecule has 2 fully saturated rings. The lowest BCUT2D eigenvalue weighted by atomic mass is 9.85. The first-order valence-electron chi connectivity index (χ1n) is 15.6. The van der Waals surface area contributed by atoms with Crippen LogP contribution in [-0.2, 0) is 28.7 Å². The molecule has 0 spiro atoms. The van der Waals surface area contributed by atoms with Gasteiger partial charge in [-0.2, -0.15) is 13.2 Å². The molecule has 0 bridgehead atoms. The van der Waals surface area contributed by atoms with E-state index in [0.717, 1.165) is 12.8 Å². The number of hydrogen-bond donors (Lipinski definition) is 5. The van der Waals surface area contributed by atoms with Gasteiger partial charge in [-0.3, -0.25) is 19.2 Å². The number of esters is 1. The molecule has 5 amide bonds. The van der Waals surface area contributed by atoms with Crippen LogP contribution in [0.2, 0.25) is 0 Å². The molecule has 6 N–H and O–H groups in total. The Hall–Kier alpha value is -3.43. The molecule has 2 unspecified atom stereocenters. The number of ether oxygens (including phenoxy) is 1. The zero-order valence-electron chi connectivity index (χ0n) is 27.6. The molecule has 1 aliphatic carbocycles. The van der Waals surface area contributed by atoms with Crippen LogP contribution in [0, 0.1) is 17.3 Å². The number of carbonyl (C=O) groups excluding carboxylic acids is 6. The number of likely N-dealkylation sites (tertiary alicyclic amines) is 1. The molecule has 0 radical (unpaired) electrons. The van der Waals surface area contributed by atoms with Crippen molar-refractivity contribution in [2.45, 2.75) is 123 Å². The molecule has 1 heterocycles. The molecule has 2 aliphatic rings. The lowest BCUT2D eigenvalue weighted by Gasteiger charge is -2.36. The largest absolute Gasteiger partial charge is 0.458 e. The van der Waals surface area contributed by atoms with Crippen LogP contribution in [0.25, 0.3) is 0 Å². The third kappa shape index (κ3) is 12.4. The van der Waals surface area contributed by atoms with Gasteiger partial charge in [0, 0.05) is 13.1 Å². The highest BCUT2D eigenvalue weighted by Gasteiger charge is 2.46. The van der Waals surface area contributed by atoms with Gasteiger partial charge in [-0.25, -0.2) is 14.9 Å². The van der Waals surface area contributed by atoms with E-state index in [-0.39, 0.29) is 31.2 Å². The number of nitrogens with one attached hydrogen (secondary N) is 4. The summed E-state index contributed by atoms with van der Waals surface area (Å²) in [7, 11) is 0. The number of nitrogens with two attached hydrogens (primary N) is 1. The van der Waals surface area contributed by atoms with E-state index in [9.17, 15) is 41.9 Å². The van der Waals surface area contributed by atoms with Crippen LogP contribution in [0.1, 0.15) is 87.0 Å². The topological polar surface area (TPSA) is 189 Å². The number of alkyl halides is 3. The van der Waals surface area contributed by atoms with E-state index in [2.05, 4.69) is 16.0 Å². The van der Waals surface area contributed by atoms with Gasteiger partial charge in [0.25, 0.3) is 5.91 Å². The number of rotatable bonds is 14. The number of halogens is 3. The van der Waals surface area contributed by atoms with Gasteiger partial charge in [-0.05, 0) is 57.3 Å². The van der Waals surface area contributed by atoms with Crippen molar-refractivity contribution < 1.29 is 46.7 Å². The highest BCUT2D eigenvalue weighted by atomic mass is 19.4. The average molecular weight is 663 g/mol. The number of ketones is 1. The number of hydrogen-bond acceptors (Lipinski definition) is 8. The molecule has 13 nitrogen and oxygen atoms in total. The maximum absolute atomic E-state index is 14.0. The van der Waals surface area contributed by atoms with E-state index in [4.69, 9.17) is 10.5 Å². The molecule has 262 valence electrons. The van der Waals surface area contributed by atoms with Crippen molar-refractivity contribution in [1.82, 2.24) is 26.2 Å². The lowest BCUT2D eigenvalue weighted by molar-refractivity contribution is -0.162. The van der Waals surface area contributed by atoms with Gasteiger partial charge in [-0.15, -0.1) is 0 Å². The Morgan fingerprint density at radius 2 is 1.52 bits per heavy atom. The van der Waals surface area contributed by atoms with Crippen LogP contribution < -0.4 is 27.0 Å². The number of primary amides is 1. The van der Waals surface area contributed by atoms with E-state index in [1.807, 2.05) is 6.92 Å². The molecule has 0 aromatic heterocycles. The molecule has 1 saturated carbocycles. The minimum absolute atomic E-state index is 0.0689. The fourth-order valence-corrected chi connectivity index (χ4v) is 5.19. The normalized spacial score (nSPS) is 20.7. The van der Waals surface area contributed by atoms with Crippen molar-refractivity contribution in [2.75, 3.05) is 13.1 Å². The second-order valence-electron chi connectivity index (χ2n) is 14.2. The zero-order valence-corrected chi connectivity index (χ0v) is 27.6. The Morgan fingerprint density at radius 3 is 2.00 bits per heavy atom. The maximum Gasteiger partial charge on any atom is 0.457 e. The summed E-state index contributed by atoms with van der Waals surface area (Å²) in [6, 6.07) is -5.84. The van der Waals surface area contributed by atoms with Crippen molar-refractivity contribution >= 4 is 35.5 Å². The highest BCUT2D eigenvalue weighted by molar-refractivity contribution is 6.37. The Kier molecular flexibility index (Phi) is 13.0. The Bertz CT molecular complexity index is 1150. The molecule has 16 heteroatoms. The summed E-state index contributed by atoms with van der Waals surface area (Å²) < 4.78 is 43.3. The van der Waals surface area contributed by atoms with Gasteiger partial charge in [-0.1, -0.05) is 47.0 Å². The summed E-state index contributed by atoms with van der Waals surface area (Å²) in [4.78, 5) is 78.9. The molecule has 2 rings (SSSR count). The third-order valence-corrected chi connectivity index (χ3v) is 7.84. The van der Waals surface area contributed by atoms with Gasteiger partial charge < -0.3 is 31.3 Å². The Labute approximate surface area is 267 Å². The molecule has 1 aliphatic heterocycles. The Balaban J connectivity index is 2.26. The predicted octanol–water partition coefficient (Wildman–Crippen LogP) is 1.88. The number of amides is 5. The summed E-state index contributed by atoms with van der Waals surface area (Å²) in [5.41, 5.74) is 3.30. The molecular weight excluding hydrogens is 613 g/mol. The molecule has 46 heavy (non-hydrogen) atoms. The highest BCUT2D eigenvalue weighted by Crippen LogP contribution is 2.34. The number of Topliss-reactive ketones (excluding diaryl/α,β-unsaturated/α-hetero) is 1. The monoisotopic (exact) mass is 662 g/mol. The van der Waals surface area contributed by atoms with Gasteiger partial charge >= 0.3 is 18.3 Å². The Morgan fingerprint density at radius 1 is 0.913 bits per heavy atom. The minimum Gasteiger partial charge on any atom is -0.458 e. The molecule has 1 saturated heterocycles. The van der Waals surface area contributed by atoms with Gasteiger partial charge in [0.15, 0.2) is 0 Å². The SMILES string of the molecule is CC[C@@H]1C[C@@H](C(=O)NC(CC2CC2)C(=O)C(N)=O)N(C(=O)[C@@H](NC(=O)NC(CCNC(F)(F)F)C(=O)OC(C)(C)C)C(C)(C)C)C1. The molecule has 0 aromatic rings. The second kappa shape index (κ2) is 15.4. The van der Waals surface area contributed by atoms with Crippen LogP contribution in [0.4, 0.5) is 18.0 Å². The summed E-state index contributed by atoms with van der Waals surface area (Å²) in [5, 5.41) is 8.82. The van der Waals surface area contributed by atoms with Crippen LogP contribution in [0.5, 0.6) is 0 Å². The number of urea groups is 1. The van der Waals surface area contributed by atoms with Crippen LogP contribution in [0.15, 0.2) is 0 Å². The van der Waals surface area contributed by atoms with E-state index in [0.29, 0.717) is 6.42 Å². The smallest absolute Gasteiger partial charge is 0.457 e. The molecule has 0 aromatic carbocycles. The van der Waals surface area contributed by atoms with E-state index < -0.39 is 90.0 Å². The first-order chi connectivity index (χ1) is 21.0. The standard InChI is InChI=1S/C30H49F3N6O7/c1-8-16-14-20(24(42)36-19(13-17-9-10-17)21(40)23(34)41)39(15-16)25(43)22(28(2,3)4)38-27(45)37-18(11-12-35-30(31,32)33)26(44)46-29(5,6)7/h16-20,22,35H,8-15H2,1-7H3,(H2,34,41)(H,36,42)(H2,37,38,45)/t16-,18?,19?,20+,22-/m1/s1. The van der Waals surface area contributed by atoms with Gasteiger partial charge in [0.05, 0.1) is 6.04 Å². The molecular formula is C30H49F3N6O7. The quantitative estimate of drug-likeness (QED) is 0.106.